The first-order valence-electron chi connectivity index (χ1n) is 12.4. The van der Waals surface area contributed by atoms with Crippen LogP contribution in [0.2, 0.25) is 0 Å². The number of carbonyl (C=O) groups excluding carboxylic acids is 1. The maximum atomic E-state index is 14.8. The smallest absolute Gasteiger partial charge is 0.265 e. The minimum absolute atomic E-state index is 0.333. The molecule has 1 aliphatic carbocycles. The molecule has 0 saturated heterocycles. The molecule has 12 heteroatoms. The van der Waals surface area contributed by atoms with Gasteiger partial charge in [0.25, 0.3) is 15.9 Å². The van der Waals surface area contributed by atoms with E-state index in [-0.39, 0.29) is 17.5 Å². The minimum atomic E-state index is -4.51. The molecule has 38 heavy (non-hydrogen) atoms. The second-order valence-electron chi connectivity index (χ2n) is 9.66. The van der Waals surface area contributed by atoms with Crippen LogP contribution in [0.4, 0.5) is 18.9 Å². The van der Waals surface area contributed by atoms with Gasteiger partial charge >= 0.3 is 0 Å². The molecule has 3 rings (SSSR count). The summed E-state index contributed by atoms with van der Waals surface area (Å²) in [6.45, 7) is 0.624. The normalized spacial score (nSPS) is 16.3. The third-order valence-electron chi connectivity index (χ3n) is 6.55. The third-order valence-corrected chi connectivity index (χ3v) is 9.04. The number of nitrogens with one attached hydrogen (secondary N) is 2. The number of halogens is 3. The Hall–Kier alpha value is -2.28. The average molecular weight is 574 g/mol. The van der Waals surface area contributed by atoms with Crippen molar-refractivity contribution in [2.45, 2.75) is 60.0 Å². The van der Waals surface area contributed by atoms with Gasteiger partial charge in [-0.05, 0) is 76.3 Å². The van der Waals surface area contributed by atoms with E-state index in [2.05, 4.69) is 5.32 Å². The molecule has 1 aliphatic rings. The number of carbonyl (C=O) groups is 1. The molecule has 1 atom stereocenters. The molecule has 0 heterocycles. The van der Waals surface area contributed by atoms with E-state index in [9.17, 15) is 26.4 Å². The first-order chi connectivity index (χ1) is 18.0. The van der Waals surface area contributed by atoms with E-state index >= 15 is 0 Å². The number of sulfonamides is 1. The average Bonchev–Trinajstić information content (AvgIpc) is 2.88. The van der Waals surface area contributed by atoms with Crippen LogP contribution in [-0.2, 0) is 19.6 Å². The second kappa shape index (κ2) is 13.2. The fourth-order valence-corrected chi connectivity index (χ4v) is 6.36. The number of amides is 1. The van der Waals surface area contributed by atoms with Crippen molar-refractivity contribution < 1.29 is 31.1 Å². The SMILES string of the molecule is COC1(C(=O)NS(=O)(=O)c2cc(F)c(F)c(N[C@H](CCN(C)C)CSc3ccc(F)cc3)c2)CCCCC1. The Bertz CT molecular complexity index is 1200. The highest BCUT2D eigenvalue weighted by molar-refractivity contribution is 7.99. The van der Waals surface area contributed by atoms with Crippen LogP contribution in [0.25, 0.3) is 0 Å². The quantitative estimate of drug-likeness (QED) is 0.354. The molecule has 2 aromatic rings. The Balaban J connectivity index is 1.82. The van der Waals surface area contributed by atoms with Gasteiger partial charge in [-0.3, -0.25) is 4.79 Å². The summed E-state index contributed by atoms with van der Waals surface area (Å²) in [6, 6.07) is 7.08. The van der Waals surface area contributed by atoms with Crippen LogP contribution in [0, 0.1) is 17.5 Å². The van der Waals surface area contributed by atoms with Gasteiger partial charge in [-0.1, -0.05) is 19.3 Å². The molecule has 1 saturated carbocycles. The Morgan fingerprint density at radius 2 is 1.76 bits per heavy atom. The molecule has 1 amide bonds. The van der Waals surface area contributed by atoms with Gasteiger partial charge in [0.2, 0.25) is 0 Å². The number of benzene rings is 2. The lowest BCUT2D eigenvalue weighted by molar-refractivity contribution is -0.145. The van der Waals surface area contributed by atoms with Crippen molar-refractivity contribution in [1.82, 2.24) is 9.62 Å². The van der Waals surface area contributed by atoms with Gasteiger partial charge in [-0.15, -0.1) is 11.8 Å². The Morgan fingerprint density at radius 1 is 1.11 bits per heavy atom. The fraction of sp³-hybridized carbons (Fsp3) is 0.500. The van der Waals surface area contributed by atoms with Crippen LogP contribution in [0.3, 0.4) is 0 Å². The fourth-order valence-electron chi connectivity index (χ4n) is 4.30. The van der Waals surface area contributed by atoms with Crippen molar-refractivity contribution in [3.63, 3.8) is 0 Å². The molecule has 0 unspecified atom stereocenters. The molecule has 7 nitrogen and oxygen atoms in total. The van der Waals surface area contributed by atoms with Crippen molar-refractivity contribution in [2.75, 3.05) is 38.8 Å². The number of ether oxygens (including phenoxy) is 1. The van der Waals surface area contributed by atoms with Gasteiger partial charge in [-0.2, -0.15) is 0 Å². The summed E-state index contributed by atoms with van der Waals surface area (Å²) in [5.41, 5.74) is -1.61. The zero-order valence-corrected chi connectivity index (χ0v) is 23.4. The molecular weight excluding hydrogens is 539 g/mol. The standard InChI is InChI=1S/C26H34F3N3O4S2/c1-32(2)14-11-19(17-37-20-9-7-18(27)8-10-20)30-23-16-21(15-22(28)24(23)29)38(34,35)31-25(33)26(36-3)12-5-4-6-13-26/h7-10,15-16,19,30H,4-6,11-14,17H2,1-3H3,(H,31,33)/t19-/m1/s1. The molecular formula is C26H34F3N3O4S2. The van der Waals surface area contributed by atoms with E-state index < -0.39 is 38.1 Å². The van der Waals surface area contributed by atoms with Crippen LogP contribution in [0.5, 0.6) is 0 Å². The van der Waals surface area contributed by atoms with Gasteiger partial charge in [0.05, 0.1) is 10.6 Å². The van der Waals surface area contributed by atoms with Crippen LogP contribution in [-0.4, -0.2) is 64.4 Å². The van der Waals surface area contributed by atoms with Gasteiger partial charge in [0.15, 0.2) is 11.6 Å². The molecule has 1 fully saturated rings. The van der Waals surface area contributed by atoms with Crippen molar-refractivity contribution >= 4 is 33.4 Å². The molecule has 210 valence electrons. The maximum absolute atomic E-state index is 14.8. The van der Waals surface area contributed by atoms with Crippen molar-refractivity contribution in [3.05, 3.63) is 53.8 Å². The van der Waals surface area contributed by atoms with Crippen LogP contribution < -0.4 is 10.0 Å². The number of methoxy groups -OCH3 is 1. The van der Waals surface area contributed by atoms with E-state index in [4.69, 9.17) is 4.74 Å². The zero-order chi connectivity index (χ0) is 27.9. The molecule has 0 radical (unpaired) electrons. The van der Waals surface area contributed by atoms with E-state index in [0.29, 0.717) is 50.5 Å². The highest BCUT2D eigenvalue weighted by Gasteiger charge is 2.41. The Morgan fingerprint density at radius 3 is 2.37 bits per heavy atom. The zero-order valence-electron chi connectivity index (χ0n) is 21.7. The number of nitrogens with zero attached hydrogens (tertiary/aromatic N) is 1. The molecule has 2 N–H and O–H groups in total. The molecule has 2 aromatic carbocycles. The molecule has 0 spiro atoms. The van der Waals surface area contributed by atoms with Crippen LogP contribution >= 0.6 is 11.8 Å². The summed E-state index contributed by atoms with van der Waals surface area (Å²) >= 11 is 1.40. The maximum Gasteiger partial charge on any atom is 0.265 e. The van der Waals surface area contributed by atoms with Crippen molar-refractivity contribution in [2.24, 2.45) is 0 Å². The Kier molecular flexibility index (Phi) is 10.5. The van der Waals surface area contributed by atoms with E-state index in [1.807, 2.05) is 23.7 Å². The van der Waals surface area contributed by atoms with Gasteiger partial charge < -0.3 is 15.0 Å². The molecule has 0 aromatic heterocycles. The third kappa shape index (κ3) is 7.87. The minimum Gasteiger partial charge on any atom is -0.379 e. The lowest BCUT2D eigenvalue weighted by Crippen LogP contribution is -2.51. The summed E-state index contributed by atoms with van der Waals surface area (Å²) in [5.74, 6) is -3.35. The number of rotatable bonds is 12. The largest absolute Gasteiger partial charge is 0.379 e. The van der Waals surface area contributed by atoms with Gasteiger partial charge in [0, 0.05) is 23.8 Å². The lowest BCUT2D eigenvalue weighted by atomic mass is 9.84. The summed E-state index contributed by atoms with van der Waals surface area (Å²) < 4.78 is 76.2. The number of hydrogen-bond acceptors (Lipinski definition) is 7. The van der Waals surface area contributed by atoms with E-state index in [1.54, 1.807) is 12.1 Å². The predicted octanol–water partition coefficient (Wildman–Crippen LogP) is 4.78. The monoisotopic (exact) mass is 573 g/mol. The van der Waals surface area contributed by atoms with Gasteiger partial charge in [0.1, 0.15) is 11.4 Å². The van der Waals surface area contributed by atoms with Crippen molar-refractivity contribution in [3.8, 4) is 0 Å². The van der Waals surface area contributed by atoms with E-state index in [1.165, 1.54) is 31.0 Å². The summed E-state index contributed by atoms with van der Waals surface area (Å²) in [7, 11) is 0.590. The highest BCUT2D eigenvalue weighted by Crippen LogP contribution is 2.32. The predicted molar refractivity (Wildman–Crippen MR) is 142 cm³/mol. The molecule has 0 bridgehead atoms. The van der Waals surface area contributed by atoms with E-state index in [0.717, 1.165) is 17.4 Å². The van der Waals surface area contributed by atoms with Crippen molar-refractivity contribution in [1.29, 1.82) is 0 Å². The summed E-state index contributed by atoms with van der Waals surface area (Å²) in [5, 5.41) is 2.93. The summed E-state index contributed by atoms with van der Waals surface area (Å²) in [4.78, 5) is 15.1. The lowest BCUT2D eigenvalue weighted by Gasteiger charge is -2.34. The number of hydrogen-bond donors (Lipinski definition) is 2. The van der Waals surface area contributed by atoms with Crippen LogP contribution in [0.1, 0.15) is 38.5 Å². The summed E-state index contributed by atoms with van der Waals surface area (Å²) in [6.07, 6.45) is 3.61. The Labute approximate surface area is 226 Å². The number of thioether (sulfide) groups is 1. The first kappa shape index (κ1) is 30.3. The van der Waals surface area contributed by atoms with Gasteiger partial charge in [-0.25, -0.2) is 26.3 Å². The van der Waals surface area contributed by atoms with Crippen LogP contribution in [0.15, 0.2) is 46.2 Å². The first-order valence-corrected chi connectivity index (χ1v) is 14.8. The topological polar surface area (TPSA) is 87.7 Å². The highest BCUT2D eigenvalue weighted by atomic mass is 32.2. The second-order valence-corrected chi connectivity index (χ2v) is 12.4. The molecule has 0 aliphatic heterocycles. The number of anilines is 1.